The maximum Gasteiger partial charge on any atom is 0.101 e. The highest BCUT2D eigenvalue weighted by atomic mass is 19.1. The van der Waals surface area contributed by atoms with Gasteiger partial charge in [0.1, 0.15) is 6.67 Å². The van der Waals surface area contributed by atoms with E-state index >= 15 is 0 Å². The summed E-state index contributed by atoms with van der Waals surface area (Å²) >= 11 is 0. The first kappa shape index (κ1) is 16.5. The lowest BCUT2D eigenvalue weighted by molar-refractivity contribution is 0.0572. The molecule has 1 aromatic carbocycles. The zero-order chi connectivity index (χ0) is 16.1. The van der Waals surface area contributed by atoms with Crippen LogP contribution in [0.25, 0.3) is 10.4 Å². The number of aliphatic hydroxyl groups excluding tert-OH is 2. The Labute approximate surface area is 127 Å². The van der Waals surface area contributed by atoms with E-state index in [2.05, 4.69) is 10.0 Å². The van der Waals surface area contributed by atoms with Crippen LogP contribution in [0.4, 0.5) is 10.1 Å². The lowest BCUT2D eigenvalue weighted by Gasteiger charge is -2.22. The maximum absolute atomic E-state index is 13.0. The molecular formula is C14H19FN4O3. The van der Waals surface area contributed by atoms with Crippen molar-refractivity contribution < 1.29 is 19.3 Å². The summed E-state index contributed by atoms with van der Waals surface area (Å²) in [6.07, 6.45) is -2.18. The van der Waals surface area contributed by atoms with Crippen molar-refractivity contribution in [3.63, 3.8) is 0 Å². The average molecular weight is 310 g/mol. The Morgan fingerprint density at radius 1 is 1.36 bits per heavy atom. The van der Waals surface area contributed by atoms with E-state index in [1.807, 2.05) is 4.90 Å². The zero-order valence-electron chi connectivity index (χ0n) is 12.2. The SMILES string of the molecule is CO[C@H](c1ccc(N2C[C@H](O)[C@@H](O)C2)cc1)[C@@H](CF)N=[N+]=[N-]. The number of aliphatic hydroxyl groups is 2. The fraction of sp³-hybridized carbons (Fsp3) is 0.571. The molecule has 0 aliphatic carbocycles. The molecule has 1 heterocycles. The van der Waals surface area contributed by atoms with Crippen molar-refractivity contribution in [3.05, 3.63) is 40.3 Å². The van der Waals surface area contributed by atoms with Crippen molar-refractivity contribution >= 4 is 5.69 Å². The minimum atomic E-state index is -0.920. The van der Waals surface area contributed by atoms with Gasteiger partial charge >= 0.3 is 0 Å². The smallest absolute Gasteiger partial charge is 0.101 e. The highest BCUT2D eigenvalue weighted by Crippen LogP contribution is 2.27. The Morgan fingerprint density at radius 3 is 2.41 bits per heavy atom. The number of halogens is 1. The van der Waals surface area contributed by atoms with Crippen molar-refractivity contribution in [2.75, 3.05) is 31.8 Å². The molecular weight excluding hydrogens is 291 g/mol. The molecule has 0 spiro atoms. The first-order valence-electron chi connectivity index (χ1n) is 6.94. The molecule has 2 rings (SSSR count). The molecule has 0 radical (unpaired) electrons. The van der Waals surface area contributed by atoms with Gasteiger partial charge in [-0.05, 0) is 23.2 Å². The van der Waals surface area contributed by atoms with Gasteiger partial charge in [0.05, 0.1) is 24.4 Å². The quantitative estimate of drug-likeness (QED) is 0.473. The van der Waals surface area contributed by atoms with E-state index in [4.69, 9.17) is 10.3 Å². The fourth-order valence-corrected chi connectivity index (χ4v) is 2.61. The van der Waals surface area contributed by atoms with Gasteiger partial charge in [-0.2, -0.15) is 0 Å². The highest BCUT2D eigenvalue weighted by Gasteiger charge is 2.30. The summed E-state index contributed by atoms with van der Waals surface area (Å²) in [6.45, 7) is -0.0884. The minimum Gasteiger partial charge on any atom is -0.389 e. The Hall–Kier alpha value is -1.86. The molecule has 4 atom stereocenters. The summed E-state index contributed by atoms with van der Waals surface area (Å²) in [5.74, 6) is 0. The van der Waals surface area contributed by atoms with E-state index in [9.17, 15) is 14.6 Å². The number of methoxy groups -OCH3 is 1. The number of rotatable bonds is 6. The lowest BCUT2D eigenvalue weighted by atomic mass is 10.0. The first-order chi connectivity index (χ1) is 10.6. The van der Waals surface area contributed by atoms with Crippen LogP contribution in [0.3, 0.4) is 0 Å². The molecule has 0 unspecified atom stereocenters. The van der Waals surface area contributed by atoms with Gasteiger partial charge in [-0.3, -0.25) is 4.39 Å². The normalized spacial score (nSPS) is 23.9. The van der Waals surface area contributed by atoms with E-state index in [1.54, 1.807) is 24.3 Å². The van der Waals surface area contributed by atoms with Crippen LogP contribution in [0.15, 0.2) is 29.4 Å². The average Bonchev–Trinajstić information content (AvgIpc) is 2.87. The summed E-state index contributed by atoms with van der Waals surface area (Å²) in [4.78, 5) is 4.50. The number of hydrogen-bond acceptors (Lipinski definition) is 5. The van der Waals surface area contributed by atoms with E-state index < -0.39 is 31.0 Å². The van der Waals surface area contributed by atoms with Gasteiger partial charge in [0.2, 0.25) is 0 Å². The molecule has 0 bridgehead atoms. The summed E-state index contributed by atoms with van der Waals surface area (Å²) in [7, 11) is 1.43. The highest BCUT2D eigenvalue weighted by molar-refractivity contribution is 5.49. The van der Waals surface area contributed by atoms with Crippen LogP contribution >= 0.6 is 0 Å². The second-order valence-electron chi connectivity index (χ2n) is 5.21. The predicted molar refractivity (Wildman–Crippen MR) is 79.3 cm³/mol. The number of hydrogen-bond donors (Lipinski definition) is 2. The van der Waals surface area contributed by atoms with E-state index in [0.717, 1.165) is 5.69 Å². The number of azide groups is 1. The molecule has 1 aliphatic rings. The number of alkyl halides is 1. The standard InChI is InChI=1S/C14H19FN4O3/c1-22-14(11(6-15)17-18-16)9-2-4-10(5-3-9)19-7-12(20)13(21)8-19/h2-5,11-14,20-21H,6-8H2,1H3/t11-,12+,13+,14-/m1/s1. The fourth-order valence-electron chi connectivity index (χ4n) is 2.61. The van der Waals surface area contributed by atoms with Gasteiger partial charge in [0.15, 0.2) is 0 Å². The van der Waals surface area contributed by atoms with Gasteiger partial charge in [-0.1, -0.05) is 17.2 Å². The third kappa shape index (κ3) is 3.48. The largest absolute Gasteiger partial charge is 0.389 e. The van der Waals surface area contributed by atoms with Crippen molar-refractivity contribution in [1.29, 1.82) is 0 Å². The molecule has 1 aromatic rings. The molecule has 1 fully saturated rings. The van der Waals surface area contributed by atoms with Crippen LogP contribution in [-0.2, 0) is 4.74 Å². The molecule has 2 N–H and O–H groups in total. The van der Waals surface area contributed by atoms with Crippen molar-refractivity contribution in [1.82, 2.24) is 0 Å². The molecule has 0 aromatic heterocycles. The Kier molecular flexibility index (Phi) is 5.57. The number of benzene rings is 1. The van der Waals surface area contributed by atoms with Crippen LogP contribution < -0.4 is 4.90 Å². The predicted octanol–water partition coefficient (Wildman–Crippen LogP) is 1.56. The van der Waals surface area contributed by atoms with Gasteiger partial charge in [-0.25, -0.2) is 0 Å². The van der Waals surface area contributed by atoms with Gasteiger partial charge < -0.3 is 19.8 Å². The molecule has 1 saturated heterocycles. The van der Waals surface area contributed by atoms with Crippen LogP contribution in [0.1, 0.15) is 11.7 Å². The maximum atomic E-state index is 13.0. The molecule has 120 valence electrons. The topological polar surface area (TPSA) is 102 Å². The third-order valence-electron chi connectivity index (χ3n) is 3.81. The summed E-state index contributed by atoms with van der Waals surface area (Å²) < 4.78 is 18.2. The molecule has 0 amide bonds. The number of nitrogens with zero attached hydrogens (tertiary/aromatic N) is 4. The van der Waals surface area contributed by atoms with E-state index in [1.165, 1.54) is 7.11 Å². The van der Waals surface area contributed by atoms with Crippen LogP contribution in [0, 0.1) is 0 Å². The van der Waals surface area contributed by atoms with Crippen LogP contribution in [0.2, 0.25) is 0 Å². The second-order valence-corrected chi connectivity index (χ2v) is 5.21. The summed E-state index contributed by atoms with van der Waals surface area (Å²) in [5.41, 5.74) is 10.0. The minimum absolute atomic E-state index is 0.361. The second kappa shape index (κ2) is 7.42. The first-order valence-corrected chi connectivity index (χ1v) is 6.94. The van der Waals surface area contributed by atoms with Gasteiger partial charge in [-0.15, -0.1) is 0 Å². The molecule has 1 aliphatic heterocycles. The number of ether oxygens (including phenoxy) is 1. The van der Waals surface area contributed by atoms with Crippen molar-refractivity contribution in [2.45, 2.75) is 24.4 Å². The van der Waals surface area contributed by atoms with Crippen LogP contribution in [0.5, 0.6) is 0 Å². The third-order valence-corrected chi connectivity index (χ3v) is 3.81. The molecule has 22 heavy (non-hydrogen) atoms. The summed E-state index contributed by atoms with van der Waals surface area (Å²) in [6, 6.07) is 6.21. The molecule has 8 heteroatoms. The van der Waals surface area contributed by atoms with Crippen LogP contribution in [-0.4, -0.2) is 55.3 Å². The number of anilines is 1. The van der Waals surface area contributed by atoms with Crippen molar-refractivity contribution in [3.8, 4) is 0 Å². The van der Waals surface area contributed by atoms with E-state index in [0.29, 0.717) is 18.7 Å². The molecule has 7 nitrogen and oxygen atoms in total. The van der Waals surface area contributed by atoms with Gasteiger partial charge in [0.25, 0.3) is 0 Å². The summed E-state index contributed by atoms with van der Waals surface area (Å²) in [5, 5.41) is 22.6. The molecule has 0 saturated carbocycles. The Balaban J connectivity index is 2.15. The van der Waals surface area contributed by atoms with E-state index in [-0.39, 0.29) is 0 Å². The van der Waals surface area contributed by atoms with Gasteiger partial charge in [0, 0.05) is 30.8 Å². The Bertz CT molecular complexity index is 525. The Morgan fingerprint density at radius 2 is 1.95 bits per heavy atom. The zero-order valence-corrected chi connectivity index (χ0v) is 12.2. The number of β-amino-alcohol motifs (C(OH)–C–C–N with tert-alkyl or cyclic N) is 2. The van der Waals surface area contributed by atoms with Crippen molar-refractivity contribution in [2.24, 2.45) is 5.11 Å². The lowest BCUT2D eigenvalue weighted by Crippen LogP contribution is -2.22. The monoisotopic (exact) mass is 310 g/mol.